The summed E-state index contributed by atoms with van der Waals surface area (Å²) in [7, 11) is -2.18. The van der Waals surface area contributed by atoms with E-state index in [-0.39, 0.29) is 11.4 Å². The van der Waals surface area contributed by atoms with Crippen LogP contribution >= 0.6 is 0 Å². The lowest BCUT2D eigenvalue weighted by Crippen LogP contribution is -2.44. The monoisotopic (exact) mass is 372 g/mol. The second-order valence-electron chi connectivity index (χ2n) is 6.74. The quantitative estimate of drug-likeness (QED) is 0.795. The average molecular weight is 372 g/mol. The fraction of sp³-hybridized carbons (Fsp3) is 0.588. The van der Waals surface area contributed by atoms with Crippen LogP contribution in [0.1, 0.15) is 34.6 Å². The van der Waals surface area contributed by atoms with Crippen molar-refractivity contribution in [2.45, 2.75) is 51.2 Å². The molecule has 0 fully saturated rings. The molecule has 25 heavy (non-hydrogen) atoms. The Morgan fingerprint density at radius 3 is 2.28 bits per heavy atom. The fourth-order valence-corrected chi connectivity index (χ4v) is 3.35. The van der Waals surface area contributed by atoms with Crippen molar-refractivity contribution < 1.29 is 22.7 Å². The fourth-order valence-electron chi connectivity index (χ4n) is 2.09. The van der Waals surface area contributed by atoms with Gasteiger partial charge in [0.2, 0.25) is 10.0 Å². The van der Waals surface area contributed by atoms with Gasteiger partial charge in [0.1, 0.15) is 11.4 Å². The van der Waals surface area contributed by atoms with Gasteiger partial charge in [-0.3, -0.25) is 0 Å². The van der Waals surface area contributed by atoms with Crippen LogP contribution in [-0.2, 0) is 14.8 Å². The molecule has 0 unspecified atom stereocenters. The van der Waals surface area contributed by atoms with E-state index in [0.717, 1.165) is 0 Å². The number of rotatable bonds is 7. The van der Waals surface area contributed by atoms with Crippen LogP contribution in [0, 0.1) is 0 Å². The van der Waals surface area contributed by atoms with E-state index in [9.17, 15) is 13.2 Å². The number of ether oxygens (including phenoxy) is 2. The first-order valence-corrected chi connectivity index (χ1v) is 9.58. The van der Waals surface area contributed by atoms with Crippen molar-refractivity contribution in [2.24, 2.45) is 0 Å². The summed E-state index contributed by atoms with van der Waals surface area (Å²) in [6, 6.07) is 5.84. The van der Waals surface area contributed by atoms with Crippen molar-refractivity contribution in [1.29, 1.82) is 0 Å². The Bertz CT molecular complexity index is 665. The second kappa shape index (κ2) is 8.53. The van der Waals surface area contributed by atoms with E-state index in [1.165, 1.54) is 23.5 Å². The van der Waals surface area contributed by atoms with E-state index in [2.05, 4.69) is 5.32 Å². The number of amides is 1. The Morgan fingerprint density at radius 2 is 1.80 bits per heavy atom. The maximum Gasteiger partial charge on any atom is 0.407 e. The standard InChI is InChI=1S/C17H28N2O5S/c1-7-23-14-8-10-15(11-9-14)25(21,22)19(6)12-13(2)18-16(20)24-17(3,4)5/h8-11,13H,7,12H2,1-6H3,(H,18,20)/t13-/m1/s1. The summed E-state index contributed by atoms with van der Waals surface area (Å²) in [6.07, 6.45) is -0.577. The Balaban J connectivity index is 2.70. The Morgan fingerprint density at radius 1 is 1.24 bits per heavy atom. The van der Waals surface area contributed by atoms with Crippen LogP contribution < -0.4 is 10.1 Å². The molecule has 0 heterocycles. The summed E-state index contributed by atoms with van der Waals surface area (Å²) in [5.41, 5.74) is -0.607. The molecule has 1 aromatic rings. The predicted octanol–water partition coefficient (Wildman–Crippen LogP) is 2.62. The SMILES string of the molecule is CCOc1ccc(S(=O)(=O)N(C)C[C@@H](C)NC(=O)OC(C)(C)C)cc1. The van der Waals surface area contributed by atoms with Crippen LogP contribution in [0.5, 0.6) is 5.75 Å². The zero-order chi connectivity index (χ0) is 19.3. The highest BCUT2D eigenvalue weighted by Gasteiger charge is 2.24. The second-order valence-corrected chi connectivity index (χ2v) is 8.78. The largest absolute Gasteiger partial charge is 0.494 e. The van der Waals surface area contributed by atoms with Gasteiger partial charge in [0.25, 0.3) is 0 Å². The molecule has 1 N–H and O–H groups in total. The van der Waals surface area contributed by atoms with E-state index in [0.29, 0.717) is 12.4 Å². The minimum Gasteiger partial charge on any atom is -0.494 e. The molecule has 0 aliphatic heterocycles. The molecular formula is C17H28N2O5S. The highest BCUT2D eigenvalue weighted by molar-refractivity contribution is 7.89. The molecule has 0 radical (unpaired) electrons. The lowest BCUT2D eigenvalue weighted by molar-refractivity contribution is 0.0504. The van der Waals surface area contributed by atoms with Gasteiger partial charge in [0, 0.05) is 19.6 Å². The lowest BCUT2D eigenvalue weighted by Gasteiger charge is -2.24. The number of hydrogen-bond donors (Lipinski definition) is 1. The molecule has 8 heteroatoms. The molecule has 142 valence electrons. The maximum absolute atomic E-state index is 12.6. The number of likely N-dealkylation sites (N-methyl/N-ethyl adjacent to an activating group) is 1. The number of nitrogens with zero attached hydrogens (tertiary/aromatic N) is 1. The third kappa shape index (κ3) is 6.91. The van der Waals surface area contributed by atoms with E-state index >= 15 is 0 Å². The van der Waals surface area contributed by atoms with Gasteiger partial charge in [-0.25, -0.2) is 13.2 Å². The van der Waals surface area contributed by atoms with Crippen molar-refractivity contribution in [1.82, 2.24) is 9.62 Å². The number of carbonyl (C=O) groups excluding carboxylic acids is 1. The smallest absolute Gasteiger partial charge is 0.407 e. The summed E-state index contributed by atoms with van der Waals surface area (Å²) in [4.78, 5) is 11.9. The molecular weight excluding hydrogens is 344 g/mol. The first kappa shape index (κ1) is 21.2. The molecule has 1 rings (SSSR count). The van der Waals surface area contributed by atoms with Crippen LogP contribution in [0.25, 0.3) is 0 Å². The molecule has 0 aliphatic rings. The summed E-state index contributed by atoms with van der Waals surface area (Å²) >= 11 is 0. The molecule has 1 amide bonds. The van der Waals surface area contributed by atoms with Gasteiger partial charge in [-0.15, -0.1) is 0 Å². The lowest BCUT2D eigenvalue weighted by atomic mass is 10.2. The van der Waals surface area contributed by atoms with E-state index in [1.54, 1.807) is 39.8 Å². The average Bonchev–Trinajstić information content (AvgIpc) is 2.45. The van der Waals surface area contributed by atoms with Crippen molar-refractivity contribution in [3.63, 3.8) is 0 Å². The van der Waals surface area contributed by atoms with E-state index in [4.69, 9.17) is 9.47 Å². The normalized spacial score (nSPS) is 13.4. The van der Waals surface area contributed by atoms with Crippen molar-refractivity contribution in [2.75, 3.05) is 20.2 Å². The predicted molar refractivity (Wildman–Crippen MR) is 96.3 cm³/mol. The van der Waals surface area contributed by atoms with Crippen molar-refractivity contribution >= 4 is 16.1 Å². The Kier molecular flexibility index (Phi) is 7.25. The zero-order valence-corrected chi connectivity index (χ0v) is 16.5. The Labute approximate surface area is 150 Å². The summed E-state index contributed by atoms with van der Waals surface area (Å²) in [6.45, 7) is 9.50. The molecule has 0 spiro atoms. The molecule has 1 aromatic carbocycles. The number of carbonyl (C=O) groups is 1. The third-order valence-electron chi connectivity index (χ3n) is 3.14. The first-order valence-electron chi connectivity index (χ1n) is 8.14. The van der Waals surface area contributed by atoms with Gasteiger partial charge in [0.15, 0.2) is 0 Å². The van der Waals surface area contributed by atoms with Gasteiger partial charge in [-0.05, 0) is 58.9 Å². The van der Waals surface area contributed by atoms with Crippen LogP contribution in [0.15, 0.2) is 29.2 Å². The molecule has 0 saturated carbocycles. The molecule has 0 saturated heterocycles. The van der Waals surface area contributed by atoms with Crippen LogP contribution in [0.3, 0.4) is 0 Å². The van der Waals surface area contributed by atoms with Crippen molar-refractivity contribution in [3.05, 3.63) is 24.3 Å². The first-order chi connectivity index (χ1) is 11.5. The summed E-state index contributed by atoms with van der Waals surface area (Å²) < 4.78 is 36.9. The number of alkyl carbamates (subject to hydrolysis) is 1. The molecule has 0 bridgehead atoms. The van der Waals surface area contributed by atoms with Gasteiger partial charge in [-0.1, -0.05) is 0 Å². The number of nitrogens with one attached hydrogen (secondary N) is 1. The molecule has 7 nitrogen and oxygen atoms in total. The van der Waals surface area contributed by atoms with E-state index < -0.39 is 27.8 Å². The van der Waals surface area contributed by atoms with Crippen LogP contribution in [-0.4, -0.2) is 50.7 Å². The highest BCUT2D eigenvalue weighted by Crippen LogP contribution is 2.19. The minimum atomic E-state index is -3.65. The Hall–Kier alpha value is -1.80. The van der Waals surface area contributed by atoms with Crippen molar-refractivity contribution in [3.8, 4) is 5.75 Å². The van der Waals surface area contributed by atoms with Gasteiger partial charge < -0.3 is 14.8 Å². The van der Waals surface area contributed by atoms with Gasteiger partial charge in [0.05, 0.1) is 11.5 Å². The van der Waals surface area contributed by atoms with E-state index in [1.807, 2.05) is 6.92 Å². The number of hydrogen-bond acceptors (Lipinski definition) is 5. The molecule has 1 atom stereocenters. The van der Waals surface area contributed by atoms with Crippen LogP contribution in [0.2, 0.25) is 0 Å². The maximum atomic E-state index is 12.6. The summed E-state index contributed by atoms with van der Waals surface area (Å²) in [5.74, 6) is 0.615. The molecule has 0 aliphatic carbocycles. The number of sulfonamides is 1. The third-order valence-corrected chi connectivity index (χ3v) is 4.97. The summed E-state index contributed by atoms with van der Waals surface area (Å²) in [5, 5.41) is 2.63. The minimum absolute atomic E-state index is 0.120. The molecule has 0 aromatic heterocycles. The zero-order valence-electron chi connectivity index (χ0n) is 15.7. The van der Waals surface area contributed by atoms with Crippen LogP contribution in [0.4, 0.5) is 4.79 Å². The van der Waals surface area contributed by atoms with Gasteiger partial charge >= 0.3 is 6.09 Å². The number of benzene rings is 1. The highest BCUT2D eigenvalue weighted by atomic mass is 32.2. The van der Waals surface area contributed by atoms with Gasteiger partial charge in [-0.2, -0.15) is 4.31 Å². The topological polar surface area (TPSA) is 84.9 Å².